The molecule has 1 aliphatic heterocycles. The van der Waals surface area contributed by atoms with Gasteiger partial charge in [-0.2, -0.15) is 0 Å². The Hall–Kier alpha value is -2.30. The molecule has 0 unspecified atom stereocenters. The second-order valence-corrected chi connectivity index (χ2v) is 7.38. The molecule has 3 rings (SSSR count). The van der Waals surface area contributed by atoms with Gasteiger partial charge < -0.3 is 15.0 Å². The number of hydrogen-bond acceptors (Lipinski definition) is 5. The Morgan fingerprint density at radius 1 is 1.15 bits per heavy atom. The van der Waals surface area contributed by atoms with Gasteiger partial charge >= 0.3 is 0 Å². The summed E-state index contributed by atoms with van der Waals surface area (Å²) in [6, 6.07) is 8.85. The van der Waals surface area contributed by atoms with E-state index in [4.69, 9.17) is 14.7 Å². The molecule has 2 heterocycles. The van der Waals surface area contributed by atoms with Crippen molar-refractivity contribution < 1.29 is 4.74 Å². The summed E-state index contributed by atoms with van der Waals surface area (Å²) in [4.78, 5) is 11.9. The average Bonchev–Trinajstić information content (AvgIpc) is 2.66. The van der Waals surface area contributed by atoms with Crippen LogP contribution in [0.3, 0.4) is 0 Å². The van der Waals surface area contributed by atoms with Gasteiger partial charge in [-0.25, -0.2) is 9.97 Å². The van der Waals surface area contributed by atoms with E-state index in [2.05, 4.69) is 56.1 Å². The van der Waals surface area contributed by atoms with Crippen LogP contribution in [0.4, 0.5) is 11.6 Å². The molecule has 5 heteroatoms. The molecule has 0 radical (unpaired) electrons. The Balaban J connectivity index is 1.88. The molecule has 1 N–H and O–H groups in total. The van der Waals surface area contributed by atoms with Crippen molar-refractivity contribution in [2.75, 3.05) is 23.9 Å². The predicted octanol–water partition coefficient (Wildman–Crippen LogP) is 4.38. The zero-order valence-corrected chi connectivity index (χ0v) is 16.5. The van der Waals surface area contributed by atoms with Crippen LogP contribution in [0.1, 0.15) is 57.0 Å². The summed E-state index contributed by atoms with van der Waals surface area (Å²) in [6.45, 7) is 10.5. The average molecular weight is 354 g/mol. The van der Waals surface area contributed by atoms with Crippen LogP contribution in [0.25, 0.3) is 0 Å². The van der Waals surface area contributed by atoms with Crippen LogP contribution in [-0.4, -0.2) is 29.7 Å². The highest BCUT2D eigenvalue weighted by molar-refractivity contribution is 5.52. The number of aromatic nitrogens is 2. The largest absolute Gasteiger partial charge is 0.497 e. The molecule has 0 saturated carbocycles. The first-order valence-corrected chi connectivity index (χ1v) is 9.56. The molecule has 1 aromatic heterocycles. The topological polar surface area (TPSA) is 50.3 Å². The number of hydrogen-bond donors (Lipinski definition) is 1. The van der Waals surface area contributed by atoms with E-state index in [0.29, 0.717) is 12.0 Å². The number of rotatable bonds is 6. The van der Waals surface area contributed by atoms with Crippen LogP contribution >= 0.6 is 0 Å². The summed E-state index contributed by atoms with van der Waals surface area (Å²) in [6.07, 6.45) is 2.07. The molecule has 1 atom stereocenters. The van der Waals surface area contributed by atoms with Gasteiger partial charge in [-0.15, -0.1) is 0 Å². The zero-order chi connectivity index (χ0) is 18.7. The van der Waals surface area contributed by atoms with Gasteiger partial charge in [0, 0.05) is 31.1 Å². The van der Waals surface area contributed by atoms with Crippen LogP contribution in [0.15, 0.2) is 24.3 Å². The minimum atomic E-state index is 0.300. The second kappa shape index (κ2) is 7.94. The van der Waals surface area contributed by atoms with Crippen LogP contribution in [0, 0.1) is 0 Å². The molecule has 0 saturated heterocycles. The molecular formula is C21H30N4O. The first-order valence-electron chi connectivity index (χ1n) is 9.56. The summed E-state index contributed by atoms with van der Waals surface area (Å²) in [5, 5.41) is 3.51. The maximum atomic E-state index is 5.35. The molecule has 26 heavy (non-hydrogen) atoms. The number of anilines is 2. The van der Waals surface area contributed by atoms with Gasteiger partial charge in [0.25, 0.3) is 0 Å². The van der Waals surface area contributed by atoms with Gasteiger partial charge in [0.2, 0.25) is 0 Å². The van der Waals surface area contributed by atoms with Crippen molar-refractivity contribution in [3.05, 3.63) is 41.2 Å². The standard InChI is InChI=1S/C21H30N4O/c1-6-15(4)22-19-12-20(24-21(23-19)14(2)3)25-10-9-16-11-18(26-5)8-7-17(16)13-25/h7-8,11-12,14-15H,6,9-10,13H2,1-5H3,(H,22,23,24)/t15-/m0/s1. The fourth-order valence-corrected chi connectivity index (χ4v) is 3.15. The molecule has 0 amide bonds. The van der Waals surface area contributed by atoms with E-state index in [0.717, 1.165) is 49.1 Å². The molecule has 0 bridgehead atoms. The number of methoxy groups -OCH3 is 1. The van der Waals surface area contributed by atoms with Crippen molar-refractivity contribution in [3.8, 4) is 5.75 Å². The second-order valence-electron chi connectivity index (χ2n) is 7.38. The Morgan fingerprint density at radius 2 is 1.96 bits per heavy atom. The summed E-state index contributed by atoms with van der Waals surface area (Å²) in [5.74, 6) is 4.06. The van der Waals surface area contributed by atoms with E-state index >= 15 is 0 Å². The molecule has 0 aliphatic carbocycles. The highest BCUT2D eigenvalue weighted by Gasteiger charge is 2.20. The maximum Gasteiger partial charge on any atom is 0.135 e. The van der Waals surface area contributed by atoms with E-state index in [9.17, 15) is 0 Å². The quantitative estimate of drug-likeness (QED) is 0.834. The lowest BCUT2D eigenvalue weighted by atomic mass is 9.99. The predicted molar refractivity (Wildman–Crippen MR) is 107 cm³/mol. The summed E-state index contributed by atoms with van der Waals surface area (Å²) in [7, 11) is 1.72. The van der Waals surface area contributed by atoms with Crippen molar-refractivity contribution in [2.24, 2.45) is 0 Å². The molecule has 0 spiro atoms. The zero-order valence-electron chi connectivity index (χ0n) is 16.5. The summed E-state index contributed by atoms with van der Waals surface area (Å²) >= 11 is 0. The smallest absolute Gasteiger partial charge is 0.135 e. The highest BCUT2D eigenvalue weighted by atomic mass is 16.5. The van der Waals surface area contributed by atoms with Crippen molar-refractivity contribution in [2.45, 2.75) is 59.0 Å². The first kappa shape index (κ1) is 18.5. The molecule has 1 aromatic carbocycles. The number of nitrogens with zero attached hydrogens (tertiary/aromatic N) is 3. The monoisotopic (exact) mass is 354 g/mol. The minimum absolute atomic E-state index is 0.300. The molecular weight excluding hydrogens is 324 g/mol. The van der Waals surface area contributed by atoms with Gasteiger partial charge in [0.1, 0.15) is 23.2 Å². The van der Waals surface area contributed by atoms with E-state index in [-0.39, 0.29) is 0 Å². The van der Waals surface area contributed by atoms with Crippen molar-refractivity contribution in [3.63, 3.8) is 0 Å². The number of benzene rings is 1. The van der Waals surface area contributed by atoms with Crippen LogP contribution in [0.5, 0.6) is 5.75 Å². The number of ether oxygens (including phenoxy) is 1. The number of nitrogens with one attached hydrogen (secondary N) is 1. The molecule has 1 aliphatic rings. The Morgan fingerprint density at radius 3 is 2.65 bits per heavy atom. The lowest BCUT2D eigenvalue weighted by molar-refractivity contribution is 0.413. The fourth-order valence-electron chi connectivity index (χ4n) is 3.15. The van der Waals surface area contributed by atoms with Gasteiger partial charge in [0.05, 0.1) is 7.11 Å². The van der Waals surface area contributed by atoms with Crippen molar-refractivity contribution >= 4 is 11.6 Å². The third-order valence-electron chi connectivity index (χ3n) is 5.00. The summed E-state index contributed by atoms with van der Waals surface area (Å²) < 4.78 is 5.35. The molecule has 140 valence electrons. The fraction of sp³-hybridized carbons (Fsp3) is 0.524. The minimum Gasteiger partial charge on any atom is -0.497 e. The SMILES string of the molecule is CC[C@H](C)Nc1cc(N2CCc3cc(OC)ccc3C2)nc(C(C)C)n1. The molecule has 0 fully saturated rings. The molecule has 5 nitrogen and oxygen atoms in total. The van der Waals surface area contributed by atoms with Crippen LogP contribution in [0.2, 0.25) is 0 Å². The van der Waals surface area contributed by atoms with Crippen molar-refractivity contribution in [1.82, 2.24) is 9.97 Å². The Kier molecular flexibility index (Phi) is 5.64. The third-order valence-corrected chi connectivity index (χ3v) is 5.00. The van der Waals surface area contributed by atoms with E-state index in [1.165, 1.54) is 11.1 Å². The van der Waals surface area contributed by atoms with E-state index in [1.807, 2.05) is 6.07 Å². The first-order chi connectivity index (χ1) is 12.5. The van der Waals surface area contributed by atoms with Gasteiger partial charge in [-0.05, 0) is 43.0 Å². The Labute approximate surface area is 156 Å². The maximum absolute atomic E-state index is 5.35. The van der Waals surface area contributed by atoms with Crippen LogP contribution < -0.4 is 15.0 Å². The highest BCUT2D eigenvalue weighted by Crippen LogP contribution is 2.28. The van der Waals surface area contributed by atoms with Gasteiger partial charge in [-0.3, -0.25) is 0 Å². The van der Waals surface area contributed by atoms with Gasteiger partial charge in [-0.1, -0.05) is 26.8 Å². The summed E-state index contributed by atoms with van der Waals surface area (Å²) in [5.41, 5.74) is 2.72. The Bertz CT molecular complexity index is 760. The van der Waals surface area contributed by atoms with E-state index < -0.39 is 0 Å². The van der Waals surface area contributed by atoms with Crippen LogP contribution in [-0.2, 0) is 13.0 Å². The molecule has 2 aromatic rings. The lowest BCUT2D eigenvalue weighted by Gasteiger charge is -2.31. The third kappa shape index (κ3) is 4.09. The number of fused-ring (bicyclic) bond motifs is 1. The van der Waals surface area contributed by atoms with Gasteiger partial charge in [0.15, 0.2) is 0 Å². The normalized spacial score (nSPS) is 14.9. The van der Waals surface area contributed by atoms with E-state index in [1.54, 1.807) is 7.11 Å². The van der Waals surface area contributed by atoms with Crippen molar-refractivity contribution in [1.29, 1.82) is 0 Å². The lowest BCUT2D eigenvalue weighted by Crippen LogP contribution is -2.31.